The number of phenolic OH excluding ortho intramolecular Hbond substituents is 1. The number of rotatable bonds is 3. The lowest BCUT2D eigenvalue weighted by Gasteiger charge is -2.21. The predicted octanol–water partition coefficient (Wildman–Crippen LogP) is 2.53. The molecule has 1 N–H and O–H groups in total. The van der Waals surface area contributed by atoms with Gasteiger partial charge in [-0.15, -0.1) is 0 Å². The van der Waals surface area contributed by atoms with E-state index in [0.717, 1.165) is 17.7 Å². The van der Waals surface area contributed by atoms with Crippen LogP contribution in [0.2, 0.25) is 0 Å². The van der Waals surface area contributed by atoms with Crippen molar-refractivity contribution in [3.63, 3.8) is 0 Å². The second-order valence-corrected chi connectivity index (χ2v) is 5.43. The Morgan fingerprint density at radius 3 is 2.61 bits per heavy atom. The molecule has 0 aliphatic carbocycles. The smallest absolute Gasteiger partial charge is 0.342 e. The van der Waals surface area contributed by atoms with Gasteiger partial charge in [0.15, 0.2) is 6.10 Å². The first-order valence-electron chi connectivity index (χ1n) is 7.46. The van der Waals surface area contributed by atoms with Crippen molar-refractivity contribution in [3.8, 4) is 5.75 Å². The summed E-state index contributed by atoms with van der Waals surface area (Å²) in [5.41, 5.74) is 2.03. The van der Waals surface area contributed by atoms with Gasteiger partial charge in [0.2, 0.25) is 0 Å². The summed E-state index contributed by atoms with van der Waals surface area (Å²) in [5.74, 6) is -1.14. The zero-order valence-electron chi connectivity index (χ0n) is 12.7. The van der Waals surface area contributed by atoms with Gasteiger partial charge >= 0.3 is 5.97 Å². The average Bonchev–Trinajstić information content (AvgIpc) is 2.98. The first-order valence-corrected chi connectivity index (χ1v) is 7.46. The first kappa shape index (κ1) is 15.1. The fourth-order valence-electron chi connectivity index (χ4n) is 2.71. The van der Waals surface area contributed by atoms with E-state index in [1.54, 1.807) is 24.0 Å². The number of aromatic hydroxyl groups is 1. The number of carbonyl (C=O) groups is 2. The fourth-order valence-corrected chi connectivity index (χ4v) is 2.71. The highest BCUT2D eigenvalue weighted by atomic mass is 16.5. The van der Waals surface area contributed by atoms with E-state index in [-0.39, 0.29) is 17.2 Å². The van der Waals surface area contributed by atoms with E-state index >= 15 is 0 Å². The summed E-state index contributed by atoms with van der Waals surface area (Å²) >= 11 is 0. The maximum Gasteiger partial charge on any atom is 0.342 e. The minimum atomic E-state index is -0.923. The number of nitrogens with zero attached hydrogens (tertiary/aromatic N) is 1. The fraction of sp³-hybridized carbons (Fsp3) is 0.222. The maximum atomic E-state index is 12.5. The molecule has 1 heterocycles. The van der Waals surface area contributed by atoms with Crippen LogP contribution in [0, 0.1) is 0 Å². The minimum Gasteiger partial charge on any atom is -0.507 e. The highest BCUT2D eigenvalue weighted by Crippen LogP contribution is 2.28. The second kappa shape index (κ2) is 6.12. The average molecular weight is 311 g/mol. The van der Waals surface area contributed by atoms with Crippen LogP contribution in [0.25, 0.3) is 0 Å². The summed E-state index contributed by atoms with van der Waals surface area (Å²) < 4.78 is 5.22. The number of fused-ring (bicyclic) bond motifs is 1. The Balaban J connectivity index is 1.72. The topological polar surface area (TPSA) is 66.8 Å². The highest BCUT2D eigenvalue weighted by molar-refractivity contribution is 6.00. The maximum absolute atomic E-state index is 12.5. The van der Waals surface area contributed by atoms with Crippen molar-refractivity contribution in [1.82, 2.24) is 0 Å². The number of carbonyl (C=O) groups excluding carboxylic acids is 2. The molecule has 0 bridgehead atoms. The Morgan fingerprint density at radius 2 is 1.83 bits per heavy atom. The molecule has 118 valence electrons. The highest BCUT2D eigenvalue weighted by Gasteiger charge is 2.30. The number of hydrogen-bond acceptors (Lipinski definition) is 4. The molecule has 1 amide bonds. The molecule has 0 aromatic heterocycles. The van der Waals surface area contributed by atoms with E-state index in [1.165, 1.54) is 12.1 Å². The number of benzene rings is 2. The summed E-state index contributed by atoms with van der Waals surface area (Å²) in [4.78, 5) is 26.3. The molecule has 5 nitrogen and oxygen atoms in total. The number of anilines is 1. The molecule has 23 heavy (non-hydrogen) atoms. The molecule has 2 aromatic carbocycles. The summed E-state index contributed by atoms with van der Waals surface area (Å²) in [5, 5.41) is 9.68. The molecule has 0 saturated carbocycles. The van der Waals surface area contributed by atoms with E-state index in [1.807, 2.05) is 24.3 Å². The van der Waals surface area contributed by atoms with E-state index in [4.69, 9.17) is 4.74 Å². The van der Waals surface area contributed by atoms with Crippen molar-refractivity contribution in [1.29, 1.82) is 0 Å². The van der Waals surface area contributed by atoms with Gasteiger partial charge in [-0.2, -0.15) is 0 Å². The Hall–Kier alpha value is -2.82. The van der Waals surface area contributed by atoms with Gasteiger partial charge in [-0.05, 0) is 37.1 Å². The Kier molecular flexibility index (Phi) is 4.02. The van der Waals surface area contributed by atoms with Crippen LogP contribution in [0.3, 0.4) is 0 Å². The van der Waals surface area contributed by atoms with Crippen LogP contribution < -0.4 is 4.90 Å². The third-order valence-corrected chi connectivity index (χ3v) is 3.91. The minimum absolute atomic E-state index is 0.0500. The van der Waals surface area contributed by atoms with E-state index < -0.39 is 12.1 Å². The van der Waals surface area contributed by atoms with Crippen LogP contribution >= 0.6 is 0 Å². The number of esters is 1. The number of ether oxygens (including phenoxy) is 1. The molecule has 0 saturated heterocycles. The normalized spacial score (nSPS) is 14.2. The van der Waals surface area contributed by atoms with E-state index in [9.17, 15) is 14.7 Å². The molecule has 0 spiro atoms. The van der Waals surface area contributed by atoms with E-state index in [0.29, 0.717) is 6.54 Å². The molecule has 1 atom stereocenters. The van der Waals surface area contributed by atoms with Crippen LogP contribution in [-0.2, 0) is 16.0 Å². The largest absolute Gasteiger partial charge is 0.507 e. The Morgan fingerprint density at radius 1 is 1.13 bits per heavy atom. The molecule has 1 aliphatic rings. The van der Waals surface area contributed by atoms with Crippen molar-refractivity contribution >= 4 is 17.6 Å². The van der Waals surface area contributed by atoms with Crippen molar-refractivity contribution in [3.05, 3.63) is 59.7 Å². The number of phenols is 1. The van der Waals surface area contributed by atoms with Crippen LogP contribution in [0.5, 0.6) is 5.75 Å². The SMILES string of the molecule is C[C@H](OC(=O)c1ccccc1O)C(=O)N1CCc2ccccc21. The number of amides is 1. The summed E-state index contributed by atoms with van der Waals surface area (Å²) in [6, 6.07) is 13.8. The standard InChI is InChI=1S/C18H17NO4/c1-12(23-18(22)14-7-3-5-9-16(14)20)17(21)19-11-10-13-6-2-4-8-15(13)19/h2-9,12,20H,10-11H2,1H3/t12-/m0/s1. The molecule has 0 fully saturated rings. The van der Waals surface area contributed by atoms with Crippen LogP contribution in [0.1, 0.15) is 22.8 Å². The predicted molar refractivity (Wildman–Crippen MR) is 85.5 cm³/mol. The zero-order chi connectivity index (χ0) is 16.4. The second-order valence-electron chi connectivity index (χ2n) is 5.43. The van der Waals surface area contributed by atoms with Crippen LogP contribution in [0.15, 0.2) is 48.5 Å². The molecule has 2 aromatic rings. The molecule has 0 unspecified atom stereocenters. The lowest BCUT2D eigenvalue weighted by molar-refractivity contribution is -0.126. The van der Waals surface area contributed by atoms with Crippen LogP contribution in [-0.4, -0.2) is 29.6 Å². The van der Waals surface area contributed by atoms with Crippen molar-refractivity contribution < 1.29 is 19.4 Å². The zero-order valence-corrected chi connectivity index (χ0v) is 12.7. The number of para-hydroxylation sites is 2. The van der Waals surface area contributed by atoms with Gasteiger partial charge in [-0.25, -0.2) is 4.79 Å². The summed E-state index contributed by atoms with van der Waals surface area (Å²) in [7, 11) is 0. The molecule has 0 radical (unpaired) electrons. The van der Waals surface area contributed by atoms with Gasteiger partial charge in [0.05, 0.1) is 0 Å². The third kappa shape index (κ3) is 2.90. The van der Waals surface area contributed by atoms with E-state index in [2.05, 4.69) is 0 Å². The monoisotopic (exact) mass is 311 g/mol. The Labute approximate surface area is 134 Å². The van der Waals surface area contributed by atoms with Crippen molar-refractivity contribution in [2.24, 2.45) is 0 Å². The van der Waals surface area contributed by atoms with Gasteiger partial charge < -0.3 is 14.7 Å². The summed E-state index contributed by atoms with van der Waals surface area (Å²) in [6.45, 7) is 2.12. The Bertz CT molecular complexity index is 756. The first-order chi connectivity index (χ1) is 11.1. The molecular weight excluding hydrogens is 294 g/mol. The number of hydrogen-bond donors (Lipinski definition) is 1. The summed E-state index contributed by atoms with van der Waals surface area (Å²) in [6.07, 6.45) is -0.129. The molecule has 1 aliphatic heterocycles. The van der Waals surface area contributed by atoms with Gasteiger partial charge in [0.25, 0.3) is 5.91 Å². The quantitative estimate of drug-likeness (QED) is 0.885. The van der Waals surface area contributed by atoms with Crippen LogP contribution in [0.4, 0.5) is 5.69 Å². The third-order valence-electron chi connectivity index (χ3n) is 3.91. The van der Waals surface area contributed by atoms with Gasteiger partial charge in [-0.3, -0.25) is 4.79 Å². The van der Waals surface area contributed by atoms with Gasteiger partial charge in [0.1, 0.15) is 11.3 Å². The molecule has 3 rings (SSSR count). The van der Waals surface area contributed by atoms with Gasteiger partial charge in [-0.1, -0.05) is 30.3 Å². The lowest BCUT2D eigenvalue weighted by Crippen LogP contribution is -2.39. The van der Waals surface area contributed by atoms with Gasteiger partial charge in [0, 0.05) is 12.2 Å². The molecular formula is C18H17NO4. The molecule has 5 heteroatoms. The van der Waals surface area contributed by atoms with Crippen molar-refractivity contribution in [2.45, 2.75) is 19.4 Å². The lowest BCUT2D eigenvalue weighted by atomic mass is 10.2. The van der Waals surface area contributed by atoms with Crippen molar-refractivity contribution in [2.75, 3.05) is 11.4 Å².